The lowest BCUT2D eigenvalue weighted by Gasteiger charge is -2.36. The molecular formula is C11H22N2O3. The van der Waals surface area contributed by atoms with Crippen LogP contribution in [0.4, 0.5) is 4.79 Å². The van der Waals surface area contributed by atoms with E-state index in [-0.39, 0.29) is 12.1 Å². The molecule has 0 aromatic carbocycles. The molecule has 0 radical (unpaired) electrons. The average Bonchev–Trinajstić information content (AvgIpc) is 2.16. The zero-order valence-electron chi connectivity index (χ0n) is 10.6. The Kier molecular flexibility index (Phi) is 4.56. The van der Waals surface area contributed by atoms with Crippen LogP contribution >= 0.6 is 0 Å². The zero-order chi connectivity index (χ0) is 12.2. The van der Waals surface area contributed by atoms with Crippen molar-refractivity contribution in [3.63, 3.8) is 0 Å². The number of rotatable bonds is 2. The summed E-state index contributed by atoms with van der Waals surface area (Å²) in [5.41, 5.74) is -0.445. The minimum atomic E-state index is -0.445. The zero-order valence-corrected chi connectivity index (χ0v) is 10.6. The standard InChI is InChI=1S/C11H22N2O3/c1-11(2,3)16-10(14)13-6-5-12-7-9(13)8-15-4/h9,12H,5-8H2,1-4H3. The summed E-state index contributed by atoms with van der Waals surface area (Å²) in [6.07, 6.45) is -0.254. The Morgan fingerprint density at radius 2 is 2.19 bits per heavy atom. The predicted octanol–water partition coefficient (Wildman–Crippen LogP) is 0.842. The van der Waals surface area contributed by atoms with E-state index < -0.39 is 5.60 Å². The van der Waals surface area contributed by atoms with Gasteiger partial charge in [-0.2, -0.15) is 0 Å². The summed E-state index contributed by atoms with van der Waals surface area (Å²) in [5, 5.41) is 3.24. The molecule has 1 atom stereocenters. The summed E-state index contributed by atoms with van der Waals surface area (Å²) in [6, 6.07) is 0.0635. The number of hydrogen-bond donors (Lipinski definition) is 1. The summed E-state index contributed by atoms with van der Waals surface area (Å²) >= 11 is 0. The number of nitrogens with zero attached hydrogens (tertiary/aromatic N) is 1. The van der Waals surface area contributed by atoms with E-state index in [4.69, 9.17) is 9.47 Å². The molecule has 1 aliphatic rings. The molecule has 94 valence electrons. The molecule has 1 heterocycles. The van der Waals surface area contributed by atoms with Crippen LogP contribution < -0.4 is 5.32 Å². The highest BCUT2D eigenvalue weighted by Crippen LogP contribution is 2.13. The summed E-state index contributed by atoms with van der Waals surface area (Å²) < 4.78 is 10.5. The van der Waals surface area contributed by atoms with Gasteiger partial charge in [0.15, 0.2) is 0 Å². The first-order chi connectivity index (χ1) is 7.44. The quantitative estimate of drug-likeness (QED) is 0.764. The number of nitrogens with one attached hydrogen (secondary N) is 1. The number of amides is 1. The number of carbonyl (C=O) groups excluding carboxylic acids is 1. The number of carbonyl (C=O) groups is 1. The van der Waals surface area contributed by atoms with E-state index in [9.17, 15) is 4.79 Å². The first-order valence-electron chi connectivity index (χ1n) is 5.63. The van der Waals surface area contributed by atoms with Crippen LogP contribution in [0, 0.1) is 0 Å². The van der Waals surface area contributed by atoms with Gasteiger partial charge in [-0.25, -0.2) is 4.79 Å². The average molecular weight is 230 g/mol. The Morgan fingerprint density at radius 3 is 2.75 bits per heavy atom. The van der Waals surface area contributed by atoms with Crippen molar-refractivity contribution in [2.45, 2.75) is 32.4 Å². The third-order valence-corrected chi connectivity index (χ3v) is 2.34. The maximum absolute atomic E-state index is 11.9. The smallest absolute Gasteiger partial charge is 0.410 e. The molecular weight excluding hydrogens is 208 g/mol. The van der Waals surface area contributed by atoms with E-state index in [0.29, 0.717) is 13.2 Å². The summed E-state index contributed by atoms with van der Waals surface area (Å²) in [6.45, 7) is 8.39. The molecule has 1 rings (SSSR count). The third-order valence-electron chi connectivity index (χ3n) is 2.34. The summed E-state index contributed by atoms with van der Waals surface area (Å²) in [4.78, 5) is 13.7. The van der Waals surface area contributed by atoms with Gasteiger partial charge in [-0.1, -0.05) is 0 Å². The molecule has 5 nitrogen and oxygen atoms in total. The predicted molar refractivity (Wildman–Crippen MR) is 61.5 cm³/mol. The van der Waals surface area contributed by atoms with Gasteiger partial charge in [-0.05, 0) is 20.8 Å². The Bertz CT molecular complexity index is 236. The van der Waals surface area contributed by atoms with Crippen molar-refractivity contribution in [2.75, 3.05) is 33.4 Å². The Morgan fingerprint density at radius 1 is 1.50 bits per heavy atom. The van der Waals surface area contributed by atoms with Crippen LogP contribution in [0.25, 0.3) is 0 Å². The number of ether oxygens (including phenoxy) is 2. The lowest BCUT2D eigenvalue weighted by atomic mass is 10.2. The van der Waals surface area contributed by atoms with Crippen LogP contribution in [0.15, 0.2) is 0 Å². The molecule has 1 saturated heterocycles. The van der Waals surface area contributed by atoms with Crippen molar-refractivity contribution >= 4 is 6.09 Å². The van der Waals surface area contributed by atoms with Crippen molar-refractivity contribution in [1.29, 1.82) is 0 Å². The highest BCUT2D eigenvalue weighted by Gasteiger charge is 2.30. The van der Waals surface area contributed by atoms with E-state index >= 15 is 0 Å². The molecule has 0 saturated carbocycles. The first kappa shape index (κ1) is 13.3. The van der Waals surface area contributed by atoms with E-state index in [1.165, 1.54) is 0 Å². The van der Waals surface area contributed by atoms with Crippen LogP contribution in [-0.4, -0.2) is 56.0 Å². The van der Waals surface area contributed by atoms with Gasteiger partial charge in [-0.15, -0.1) is 0 Å². The lowest BCUT2D eigenvalue weighted by molar-refractivity contribution is 0.000854. The number of methoxy groups -OCH3 is 1. The normalized spacial score (nSPS) is 22.0. The van der Waals surface area contributed by atoms with E-state index in [1.807, 2.05) is 20.8 Å². The lowest BCUT2D eigenvalue weighted by Crippen LogP contribution is -2.56. The van der Waals surface area contributed by atoms with Crippen molar-refractivity contribution in [2.24, 2.45) is 0 Å². The van der Waals surface area contributed by atoms with Gasteiger partial charge in [0.25, 0.3) is 0 Å². The maximum Gasteiger partial charge on any atom is 0.410 e. The highest BCUT2D eigenvalue weighted by atomic mass is 16.6. The van der Waals surface area contributed by atoms with Gasteiger partial charge in [0.2, 0.25) is 0 Å². The van der Waals surface area contributed by atoms with Crippen LogP contribution in [0.2, 0.25) is 0 Å². The fraction of sp³-hybridized carbons (Fsp3) is 0.909. The summed E-state index contributed by atoms with van der Waals surface area (Å²) in [7, 11) is 1.64. The minimum Gasteiger partial charge on any atom is -0.444 e. The van der Waals surface area contributed by atoms with Crippen LogP contribution in [0.3, 0.4) is 0 Å². The molecule has 0 spiro atoms. The van der Waals surface area contributed by atoms with E-state index in [0.717, 1.165) is 13.1 Å². The topological polar surface area (TPSA) is 50.8 Å². The Labute approximate surface area is 97.1 Å². The van der Waals surface area contributed by atoms with Crippen LogP contribution in [0.1, 0.15) is 20.8 Å². The molecule has 0 bridgehead atoms. The van der Waals surface area contributed by atoms with Gasteiger partial charge >= 0.3 is 6.09 Å². The second-order valence-corrected chi connectivity index (χ2v) is 4.99. The number of piperazine rings is 1. The van der Waals surface area contributed by atoms with Crippen LogP contribution in [0.5, 0.6) is 0 Å². The Balaban J connectivity index is 2.57. The van der Waals surface area contributed by atoms with Gasteiger partial charge in [0.05, 0.1) is 12.6 Å². The first-order valence-corrected chi connectivity index (χ1v) is 5.63. The van der Waals surface area contributed by atoms with E-state index in [1.54, 1.807) is 12.0 Å². The SMILES string of the molecule is COCC1CNCCN1C(=O)OC(C)(C)C. The largest absolute Gasteiger partial charge is 0.444 e. The molecule has 0 aromatic heterocycles. The summed E-state index contributed by atoms with van der Waals surface area (Å²) in [5.74, 6) is 0. The molecule has 0 aliphatic carbocycles. The monoisotopic (exact) mass is 230 g/mol. The second-order valence-electron chi connectivity index (χ2n) is 4.99. The molecule has 16 heavy (non-hydrogen) atoms. The molecule has 0 aromatic rings. The fourth-order valence-electron chi connectivity index (χ4n) is 1.66. The highest BCUT2D eigenvalue weighted by molar-refractivity contribution is 5.68. The molecule has 1 aliphatic heterocycles. The Hall–Kier alpha value is -0.810. The molecule has 1 N–H and O–H groups in total. The van der Waals surface area contributed by atoms with Gasteiger partial charge in [0.1, 0.15) is 5.60 Å². The number of hydrogen-bond acceptors (Lipinski definition) is 4. The third kappa shape index (κ3) is 3.98. The molecule has 1 fully saturated rings. The maximum atomic E-state index is 11.9. The van der Waals surface area contributed by atoms with Gasteiger partial charge in [0, 0.05) is 26.7 Å². The molecule has 1 amide bonds. The van der Waals surface area contributed by atoms with Gasteiger partial charge < -0.3 is 19.7 Å². The van der Waals surface area contributed by atoms with E-state index in [2.05, 4.69) is 5.32 Å². The minimum absolute atomic E-state index is 0.0635. The van der Waals surface area contributed by atoms with Crippen molar-refractivity contribution in [3.8, 4) is 0 Å². The van der Waals surface area contributed by atoms with Gasteiger partial charge in [-0.3, -0.25) is 0 Å². The second kappa shape index (κ2) is 5.50. The molecule has 1 unspecified atom stereocenters. The van der Waals surface area contributed by atoms with Crippen molar-refractivity contribution < 1.29 is 14.3 Å². The molecule has 5 heteroatoms. The fourth-order valence-corrected chi connectivity index (χ4v) is 1.66. The van der Waals surface area contributed by atoms with Crippen molar-refractivity contribution in [1.82, 2.24) is 10.2 Å². The van der Waals surface area contributed by atoms with Crippen molar-refractivity contribution in [3.05, 3.63) is 0 Å². The van der Waals surface area contributed by atoms with Crippen LogP contribution in [-0.2, 0) is 9.47 Å².